The number of rotatable bonds is 5. The smallest absolute Gasteiger partial charge is 0.264 e. The predicted octanol–water partition coefficient (Wildman–Crippen LogP) is 1.52. The fourth-order valence-electron chi connectivity index (χ4n) is 3.86. The molecule has 0 atom stereocenters. The number of aromatic nitrogens is 2. The van der Waals surface area contributed by atoms with E-state index in [4.69, 9.17) is 5.73 Å². The van der Waals surface area contributed by atoms with Gasteiger partial charge in [0.15, 0.2) is 0 Å². The molecule has 1 aliphatic heterocycles. The molecule has 3 aromatic rings. The summed E-state index contributed by atoms with van der Waals surface area (Å²) in [4.78, 5) is 43.6. The lowest BCUT2D eigenvalue weighted by Gasteiger charge is -2.30. The second kappa shape index (κ2) is 8.32. The maximum atomic E-state index is 12.9. The standard InChI is InChI=1S/C23H22N4O3/c24-22(29)21-19-8-10-26(20(28)11-17-7-4-9-25-12-17)14-18(19)15-27(23(21)30)13-16-5-2-1-3-6-16/h1-7,9,12,15H,8,10-11,13-14H2,(H2,24,29). The highest BCUT2D eigenvalue weighted by atomic mass is 16.2. The Morgan fingerprint density at radius 3 is 2.53 bits per heavy atom. The molecule has 0 bridgehead atoms. The Labute approximate surface area is 173 Å². The van der Waals surface area contributed by atoms with Gasteiger partial charge in [0.25, 0.3) is 11.5 Å². The number of hydrogen-bond donors (Lipinski definition) is 1. The third kappa shape index (κ3) is 4.00. The van der Waals surface area contributed by atoms with Crippen LogP contribution in [0.3, 0.4) is 0 Å². The highest BCUT2D eigenvalue weighted by Crippen LogP contribution is 2.22. The lowest BCUT2D eigenvalue weighted by Crippen LogP contribution is -2.41. The van der Waals surface area contributed by atoms with Crippen molar-refractivity contribution >= 4 is 11.8 Å². The zero-order chi connectivity index (χ0) is 21.1. The van der Waals surface area contributed by atoms with Gasteiger partial charge in [0.2, 0.25) is 5.91 Å². The Bertz CT molecular complexity index is 1140. The third-order valence-electron chi connectivity index (χ3n) is 5.34. The van der Waals surface area contributed by atoms with Gasteiger partial charge in [-0.25, -0.2) is 0 Å². The van der Waals surface area contributed by atoms with E-state index in [1.54, 1.807) is 29.6 Å². The van der Waals surface area contributed by atoms with Gasteiger partial charge in [0.05, 0.1) is 13.0 Å². The van der Waals surface area contributed by atoms with Crippen LogP contribution in [0.15, 0.2) is 65.8 Å². The molecule has 1 aliphatic rings. The van der Waals surface area contributed by atoms with Crippen molar-refractivity contribution in [3.05, 3.63) is 99.2 Å². The van der Waals surface area contributed by atoms with Crippen molar-refractivity contribution in [3.8, 4) is 0 Å². The highest BCUT2D eigenvalue weighted by molar-refractivity contribution is 5.94. The first-order chi connectivity index (χ1) is 14.5. The maximum absolute atomic E-state index is 12.9. The van der Waals surface area contributed by atoms with E-state index in [0.29, 0.717) is 31.6 Å². The van der Waals surface area contributed by atoms with E-state index in [0.717, 1.165) is 16.7 Å². The fourth-order valence-corrected chi connectivity index (χ4v) is 3.86. The van der Waals surface area contributed by atoms with Crippen LogP contribution in [-0.2, 0) is 30.7 Å². The Morgan fingerprint density at radius 1 is 1.07 bits per heavy atom. The average Bonchev–Trinajstić information content (AvgIpc) is 2.75. The van der Waals surface area contributed by atoms with E-state index in [1.807, 2.05) is 36.4 Å². The van der Waals surface area contributed by atoms with Gasteiger partial charge in [-0.2, -0.15) is 0 Å². The number of benzene rings is 1. The number of nitrogens with zero attached hydrogens (tertiary/aromatic N) is 3. The molecular weight excluding hydrogens is 380 g/mol. The van der Waals surface area contributed by atoms with Gasteiger partial charge >= 0.3 is 0 Å². The fraction of sp³-hybridized carbons (Fsp3) is 0.217. The number of hydrogen-bond acceptors (Lipinski definition) is 4. The molecule has 0 saturated carbocycles. The summed E-state index contributed by atoms with van der Waals surface area (Å²) in [6.45, 7) is 1.11. The van der Waals surface area contributed by atoms with Crippen molar-refractivity contribution in [3.63, 3.8) is 0 Å². The molecule has 2 N–H and O–H groups in total. The van der Waals surface area contributed by atoms with E-state index in [2.05, 4.69) is 4.98 Å². The summed E-state index contributed by atoms with van der Waals surface area (Å²) < 4.78 is 1.50. The van der Waals surface area contributed by atoms with Gasteiger partial charge in [0, 0.05) is 31.7 Å². The Morgan fingerprint density at radius 2 is 1.83 bits per heavy atom. The van der Waals surface area contributed by atoms with Crippen LogP contribution in [0.4, 0.5) is 0 Å². The van der Waals surface area contributed by atoms with E-state index in [-0.39, 0.29) is 23.5 Å². The van der Waals surface area contributed by atoms with Crippen molar-refractivity contribution in [2.45, 2.75) is 25.9 Å². The summed E-state index contributed by atoms with van der Waals surface area (Å²) in [6, 6.07) is 13.2. The van der Waals surface area contributed by atoms with Crippen LogP contribution in [0.5, 0.6) is 0 Å². The molecule has 152 valence electrons. The zero-order valence-corrected chi connectivity index (χ0v) is 16.5. The molecule has 2 aromatic heterocycles. The van der Waals surface area contributed by atoms with Crippen molar-refractivity contribution in [1.29, 1.82) is 0 Å². The Hall–Kier alpha value is -3.74. The van der Waals surface area contributed by atoms with Crippen molar-refractivity contribution in [2.24, 2.45) is 5.73 Å². The molecule has 0 radical (unpaired) electrons. The summed E-state index contributed by atoms with van der Waals surface area (Å²) in [6.07, 6.45) is 5.78. The zero-order valence-electron chi connectivity index (χ0n) is 16.5. The lowest BCUT2D eigenvalue weighted by molar-refractivity contribution is -0.131. The van der Waals surface area contributed by atoms with E-state index in [9.17, 15) is 14.4 Å². The summed E-state index contributed by atoms with van der Waals surface area (Å²) in [7, 11) is 0. The quantitative estimate of drug-likeness (QED) is 0.700. The molecule has 0 unspecified atom stereocenters. The van der Waals surface area contributed by atoms with Crippen LogP contribution in [0.2, 0.25) is 0 Å². The minimum Gasteiger partial charge on any atom is -0.365 e. The Kier molecular flexibility index (Phi) is 5.43. The first kappa shape index (κ1) is 19.6. The molecule has 0 saturated heterocycles. The van der Waals surface area contributed by atoms with Crippen LogP contribution in [0.1, 0.15) is 32.6 Å². The SMILES string of the molecule is NC(=O)c1c2c(cn(Cc3ccccc3)c1=O)CN(C(=O)Cc1cccnc1)CC2. The van der Waals surface area contributed by atoms with Crippen LogP contribution in [0.25, 0.3) is 0 Å². The number of pyridine rings is 2. The minimum absolute atomic E-state index is 0.0184. The molecule has 30 heavy (non-hydrogen) atoms. The Balaban J connectivity index is 1.64. The molecule has 3 heterocycles. The second-order valence-corrected chi connectivity index (χ2v) is 7.39. The monoisotopic (exact) mass is 402 g/mol. The lowest BCUT2D eigenvalue weighted by atomic mass is 9.95. The first-order valence-corrected chi connectivity index (χ1v) is 9.78. The minimum atomic E-state index is -0.728. The normalized spacial score (nSPS) is 13.0. The number of carbonyl (C=O) groups is 2. The highest BCUT2D eigenvalue weighted by Gasteiger charge is 2.27. The van der Waals surface area contributed by atoms with Gasteiger partial charge in [-0.3, -0.25) is 19.4 Å². The number of primary amides is 1. The topological polar surface area (TPSA) is 98.3 Å². The number of nitrogens with two attached hydrogens (primary N) is 1. The van der Waals surface area contributed by atoms with Gasteiger partial charge in [-0.1, -0.05) is 36.4 Å². The molecule has 1 aromatic carbocycles. The van der Waals surface area contributed by atoms with Crippen LogP contribution >= 0.6 is 0 Å². The molecule has 7 heteroatoms. The largest absolute Gasteiger partial charge is 0.365 e. The van der Waals surface area contributed by atoms with Gasteiger partial charge in [-0.15, -0.1) is 0 Å². The summed E-state index contributed by atoms with van der Waals surface area (Å²) in [5.41, 5.74) is 8.42. The molecular formula is C23H22N4O3. The third-order valence-corrected chi connectivity index (χ3v) is 5.34. The maximum Gasteiger partial charge on any atom is 0.264 e. The van der Waals surface area contributed by atoms with E-state index < -0.39 is 5.91 Å². The number of amides is 2. The number of fused-ring (bicyclic) bond motifs is 1. The molecule has 0 aliphatic carbocycles. The summed E-state index contributed by atoms with van der Waals surface area (Å²) >= 11 is 0. The van der Waals surface area contributed by atoms with Crippen LogP contribution < -0.4 is 11.3 Å². The molecule has 2 amide bonds. The molecule has 4 rings (SSSR count). The predicted molar refractivity (Wildman–Crippen MR) is 112 cm³/mol. The molecule has 0 spiro atoms. The van der Waals surface area contributed by atoms with Gasteiger partial charge in [-0.05, 0) is 34.7 Å². The van der Waals surface area contributed by atoms with Crippen molar-refractivity contribution in [1.82, 2.24) is 14.5 Å². The van der Waals surface area contributed by atoms with Crippen molar-refractivity contribution in [2.75, 3.05) is 6.54 Å². The van der Waals surface area contributed by atoms with Crippen LogP contribution in [0, 0.1) is 0 Å². The first-order valence-electron chi connectivity index (χ1n) is 9.78. The summed E-state index contributed by atoms with van der Waals surface area (Å²) in [5, 5.41) is 0. The van der Waals surface area contributed by atoms with Crippen molar-refractivity contribution < 1.29 is 9.59 Å². The molecule has 7 nitrogen and oxygen atoms in total. The van der Waals surface area contributed by atoms with Gasteiger partial charge in [0.1, 0.15) is 5.56 Å². The molecule has 0 fully saturated rings. The number of carbonyl (C=O) groups excluding carboxylic acids is 2. The van der Waals surface area contributed by atoms with E-state index in [1.165, 1.54) is 4.57 Å². The van der Waals surface area contributed by atoms with E-state index >= 15 is 0 Å². The van der Waals surface area contributed by atoms with Gasteiger partial charge < -0.3 is 15.2 Å². The second-order valence-electron chi connectivity index (χ2n) is 7.39. The summed E-state index contributed by atoms with van der Waals surface area (Å²) in [5.74, 6) is -0.746. The average molecular weight is 402 g/mol. The van der Waals surface area contributed by atoms with Crippen LogP contribution in [-0.4, -0.2) is 32.8 Å².